The molecule has 1 nitrogen and oxygen atoms in total. The van der Waals surface area contributed by atoms with Crippen molar-refractivity contribution in [2.75, 3.05) is 0 Å². The second-order valence-electron chi connectivity index (χ2n) is 3.92. The van der Waals surface area contributed by atoms with Crippen LogP contribution in [0.2, 0.25) is 0 Å². The van der Waals surface area contributed by atoms with E-state index in [1.165, 1.54) is 34.7 Å². The highest BCUT2D eigenvalue weighted by molar-refractivity contribution is 5.88. The standard InChI is InChI=1S/C13H12O/c1-2-9-3-6-11-7-14-8-12(11)13(9)10-4-5-10/h2-3,6-8,10H,1,4-5H2. The second kappa shape index (κ2) is 2.74. The molecule has 0 unspecified atom stereocenters. The minimum atomic E-state index is 0.740. The maximum Gasteiger partial charge on any atom is 0.0984 e. The summed E-state index contributed by atoms with van der Waals surface area (Å²) in [7, 11) is 0. The van der Waals surface area contributed by atoms with Gasteiger partial charge in [-0.25, -0.2) is 0 Å². The first-order chi connectivity index (χ1) is 6.90. The van der Waals surface area contributed by atoms with Gasteiger partial charge in [0.2, 0.25) is 0 Å². The van der Waals surface area contributed by atoms with Gasteiger partial charge in [-0.2, -0.15) is 0 Å². The normalized spacial score (nSPS) is 16.0. The largest absolute Gasteiger partial charge is 0.471 e. The van der Waals surface area contributed by atoms with Gasteiger partial charge >= 0.3 is 0 Å². The van der Waals surface area contributed by atoms with Crippen LogP contribution in [0.1, 0.15) is 29.9 Å². The van der Waals surface area contributed by atoms with Crippen LogP contribution in [0.3, 0.4) is 0 Å². The Balaban J connectivity index is 2.36. The summed E-state index contributed by atoms with van der Waals surface area (Å²) < 4.78 is 5.25. The van der Waals surface area contributed by atoms with Crippen LogP contribution in [0, 0.1) is 0 Å². The monoisotopic (exact) mass is 184 g/mol. The number of hydrogen-bond acceptors (Lipinski definition) is 1. The number of fused-ring (bicyclic) bond motifs is 1. The van der Waals surface area contributed by atoms with Gasteiger partial charge in [-0.05, 0) is 29.9 Å². The van der Waals surface area contributed by atoms with Crippen LogP contribution in [-0.2, 0) is 0 Å². The molecule has 1 aliphatic carbocycles. The first kappa shape index (κ1) is 7.86. The molecule has 1 heterocycles. The van der Waals surface area contributed by atoms with E-state index in [2.05, 4.69) is 18.7 Å². The Hall–Kier alpha value is -1.50. The number of benzene rings is 1. The molecule has 1 aromatic carbocycles. The average Bonchev–Trinajstić information content (AvgIpc) is 2.93. The summed E-state index contributed by atoms with van der Waals surface area (Å²) in [5.74, 6) is 0.740. The Bertz CT molecular complexity index is 489. The molecule has 3 rings (SSSR count). The Morgan fingerprint density at radius 1 is 1.29 bits per heavy atom. The second-order valence-corrected chi connectivity index (χ2v) is 3.92. The van der Waals surface area contributed by atoms with Crippen molar-refractivity contribution in [3.63, 3.8) is 0 Å². The summed E-state index contributed by atoms with van der Waals surface area (Å²) in [5, 5.41) is 2.47. The highest BCUT2D eigenvalue weighted by Crippen LogP contribution is 2.45. The topological polar surface area (TPSA) is 13.1 Å². The molecule has 14 heavy (non-hydrogen) atoms. The van der Waals surface area contributed by atoms with Crippen LogP contribution in [0.25, 0.3) is 16.8 Å². The smallest absolute Gasteiger partial charge is 0.0984 e. The molecule has 0 N–H and O–H groups in total. The third-order valence-electron chi connectivity index (χ3n) is 2.94. The van der Waals surface area contributed by atoms with Crippen LogP contribution in [-0.4, -0.2) is 0 Å². The highest BCUT2D eigenvalue weighted by Gasteiger charge is 2.27. The van der Waals surface area contributed by atoms with E-state index in [1.54, 1.807) is 0 Å². The van der Waals surface area contributed by atoms with Crippen LogP contribution < -0.4 is 0 Å². The SMILES string of the molecule is C=Cc1ccc2cocc2c1C1CC1. The van der Waals surface area contributed by atoms with Crippen LogP contribution in [0.15, 0.2) is 35.7 Å². The molecule has 1 saturated carbocycles. The van der Waals surface area contributed by atoms with E-state index in [1.807, 2.05) is 18.6 Å². The van der Waals surface area contributed by atoms with Gasteiger partial charge in [-0.15, -0.1) is 0 Å². The molecule has 1 aliphatic rings. The van der Waals surface area contributed by atoms with E-state index in [0.29, 0.717) is 0 Å². The summed E-state index contributed by atoms with van der Waals surface area (Å²) in [6, 6.07) is 4.24. The van der Waals surface area contributed by atoms with Gasteiger partial charge in [-0.1, -0.05) is 24.8 Å². The fourth-order valence-electron chi connectivity index (χ4n) is 2.09. The van der Waals surface area contributed by atoms with E-state index in [9.17, 15) is 0 Å². The summed E-state index contributed by atoms with van der Waals surface area (Å²) in [6.45, 7) is 3.86. The number of furan rings is 1. The fraction of sp³-hybridized carbons (Fsp3) is 0.231. The number of rotatable bonds is 2. The zero-order valence-electron chi connectivity index (χ0n) is 7.99. The van der Waals surface area contributed by atoms with E-state index in [-0.39, 0.29) is 0 Å². The molecule has 2 aromatic rings. The van der Waals surface area contributed by atoms with Crippen LogP contribution in [0.5, 0.6) is 0 Å². The van der Waals surface area contributed by atoms with Crippen molar-refractivity contribution in [2.24, 2.45) is 0 Å². The minimum absolute atomic E-state index is 0.740. The molecule has 0 bridgehead atoms. The molecule has 1 aromatic heterocycles. The minimum Gasteiger partial charge on any atom is -0.471 e. The van der Waals surface area contributed by atoms with Gasteiger partial charge in [0.15, 0.2) is 0 Å². The molecule has 1 heteroatoms. The first-order valence-electron chi connectivity index (χ1n) is 5.01. The summed E-state index contributed by atoms with van der Waals surface area (Å²) in [4.78, 5) is 0. The average molecular weight is 184 g/mol. The molecule has 0 atom stereocenters. The summed E-state index contributed by atoms with van der Waals surface area (Å²) >= 11 is 0. The molecule has 0 saturated heterocycles. The molecule has 0 radical (unpaired) electrons. The molecular weight excluding hydrogens is 172 g/mol. The Morgan fingerprint density at radius 3 is 2.86 bits per heavy atom. The molecule has 70 valence electrons. The lowest BCUT2D eigenvalue weighted by Gasteiger charge is -2.05. The third-order valence-corrected chi connectivity index (χ3v) is 2.94. The van der Waals surface area contributed by atoms with Crippen molar-refractivity contribution < 1.29 is 4.42 Å². The summed E-state index contributed by atoms with van der Waals surface area (Å²) in [6.07, 6.45) is 8.24. The fourth-order valence-corrected chi connectivity index (χ4v) is 2.09. The molecule has 0 aliphatic heterocycles. The van der Waals surface area contributed by atoms with Gasteiger partial charge in [0.25, 0.3) is 0 Å². The first-order valence-corrected chi connectivity index (χ1v) is 5.01. The third kappa shape index (κ3) is 1.02. The lowest BCUT2D eigenvalue weighted by molar-refractivity contribution is 0.572. The zero-order valence-corrected chi connectivity index (χ0v) is 7.99. The molecule has 1 fully saturated rings. The van der Waals surface area contributed by atoms with Crippen molar-refractivity contribution in [3.8, 4) is 0 Å². The van der Waals surface area contributed by atoms with Gasteiger partial charge in [0.05, 0.1) is 12.5 Å². The molecule has 0 amide bonds. The number of hydrogen-bond donors (Lipinski definition) is 0. The van der Waals surface area contributed by atoms with E-state index >= 15 is 0 Å². The van der Waals surface area contributed by atoms with E-state index in [0.717, 1.165) is 5.92 Å². The quantitative estimate of drug-likeness (QED) is 0.688. The molecule has 0 spiro atoms. The lowest BCUT2D eigenvalue weighted by Crippen LogP contribution is -1.86. The highest BCUT2D eigenvalue weighted by atomic mass is 16.3. The Kier molecular flexibility index (Phi) is 1.54. The Morgan fingerprint density at radius 2 is 2.14 bits per heavy atom. The molecular formula is C13H12O. The van der Waals surface area contributed by atoms with Gasteiger partial charge in [-0.3, -0.25) is 0 Å². The maximum absolute atomic E-state index is 5.25. The van der Waals surface area contributed by atoms with Crippen molar-refractivity contribution >= 4 is 16.8 Å². The zero-order chi connectivity index (χ0) is 9.54. The maximum atomic E-state index is 5.25. The predicted molar refractivity (Wildman–Crippen MR) is 58.3 cm³/mol. The lowest BCUT2D eigenvalue weighted by atomic mass is 9.98. The van der Waals surface area contributed by atoms with Gasteiger partial charge < -0.3 is 4.42 Å². The van der Waals surface area contributed by atoms with Crippen LogP contribution >= 0.6 is 0 Å². The van der Waals surface area contributed by atoms with Crippen molar-refractivity contribution in [3.05, 3.63) is 42.4 Å². The van der Waals surface area contributed by atoms with Crippen LogP contribution in [0.4, 0.5) is 0 Å². The van der Waals surface area contributed by atoms with Gasteiger partial charge in [0.1, 0.15) is 0 Å². The Labute approximate surface area is 83.0 Å². The predicted octanol–water partition coefficient (Wildman–Crippen LogP) is 3.95. The van der Waals surface area contributed by atoms with Crippen molar-refractivity contribution in [1.82, 2.24) is 0 Å². The van der Waals surface area contributed by atoms with E-state index in [4.69, 9.17) is 4.42 Å². The van der Waals surface area contributed by atoms with Crippen molar-refractivity contribution in [1.29, 1.82) is 0 Å². The van der Waals surface area contributed by atoms with Gasteiger partial charge in [0, 0.05) is 10.8 Å². The summed E-state index contributed by atoms with van der Waals surface area (Å²) in [5.41, 5.74) is 2.70. The van der Waals surface area contributed by atoms with E-state index < -0.39 is 0 Å². The van der Waals surface area contributed by atoms with Crippen molar-refractivity contribution in [2.45, 2.75) is 18.8 Å².